The highest BCUT2D eigenvalue weighted by Gasteiger charge is 2.10. The van der Waals surface area contributed by atoms with E-state index in [0.717, 1.165) is 17.0 Å². The minimum absolute atomic E-state index is 0.496. The average Bonchev–Trinajstić information content (AvgIpc) is 3.05. The van der Waals surface area contributed by atoms with Crippen molar-refractivity contribution in [2.45, 2.75) is 6.92 Å². The molecule has 0 unspecified atom stereocenters. The summed E-state index contributed by atoms with van der Waals surface area (Å²) in [5.41, 5.74) is 9.19. The van der Waals surface area contributed by atoms with E-state index < -0.39 is 0 Å². The number of nitrogens with zero attached hydrogens (tertiary/aromatic N) is 5. The summed E-state index contributed by atoms with van der Waals surface area (Å²) in [6.07, 6.45) is 0. The van der Waals surface area contributed by atoms with E-state index in [2.05, 4.69) is 20.3 Å². The molecule has 0 aliphatic carbocycles. The van der Waals surface area contributed by atoms with Gasteiger partial charge in [0.15, 0.2) is 5.69 Å². The zero-order valence-electron chi connectivity index (χ0n) is 11.7. The molecule has 2 N–H and O–H groups in total. The van der Waals surface area contributed by atoms with Crippen LogP contribution in [0.4, 0.5) is 16.6 Å². The number of aromatic nitrogens is 3. The predicted octanol–water partition coefficient (Wildman–Crippen LogP) is 3.85. The smallest absolute Gasteiger partial charge is 0.230 e. The normalized spacial score (nSPS) is 11.3. The second-order valence-corrected chi connectivity index (χ2v) is 5.36. The fourth-order valence-corrected chi connectivity index (χ4v) is 2.58. The summed E-state index contributed by atoms with van der Waals surface area (Å²) >= 11 is 1.44. The van der Waals surface area contributed by atoms with Crippen molar-refractivity contribution >= 4 is 28.0 Å². The van der Waals surface area contributed by atoms with Gasteiger partial charge >= 0.3 is 0 Å². The van der Waals surface area contributed by atoms with Gasteiger partial charge in [-0.2, -0.15) is 5.10 Å². The Kier molecular flexibility index (Phi) is 3.49. The molecule has 6 nitrogen and oxygen atoms in total. The minimum atomic E-state index is 0.496. The molecule has 3 rings (SSSR count). The molecule has 1 aromatic carbocycles. The molecule has 106 valence electrons. The minimum Gasteiger partial charge on any atom is -0.382 e. The van der Waals surface area contributed by atoms with E-state index in [1.54, 1.807) is 11.7 Å². The Labute approximate surface area is 126 Å². The Morgan fingerprint density at radius 2 is 1.95 bits per heavy atom. The molecule has 0 radical (unpaired) electrons. The maximum atomic E-state index is 5.89. The van der Waals surface area contributed by atoms with Crippen molar-refractivity contribution in [3.8, 4) is 11.3 Å². The summed E-state index contributed by atoms with van der Waals surface area (Å²) in [7, 11) is 1.78. The van der Waals surface area contributed by atoms with Gasteiger partial charge in [0.1, 0.15) is 5.82 Å². The summed E-state index contributed by atoms with van der Waals surface area (Å²) in [5.74, 6) is 0.496. The van der Waals surface area contributed by atoms with Gasteiger partial charge < -0.3 is 5.73 Å². The first kappa shape index (κ1) is 13.4. The molecule has 0 aliphatic rings. The highest BCUT2D eigenvalue weighted by atomic mass is 32.1. The number of nitrogen functional groups attached to an aromatic ring is 1. The number of rotatable bonds is 3. The van der Waals surface area contributed by atoms with E-state index in [1.165, 1.54) is 11.3 Å². The molecule has 0 saturated carbocycles. The van der Waals surface area contributed by atoms with Crippen LogP contribution in [0.25, 0.3) is 11.3 Å². The van der Waals surface area contributed by atoms with Crippen molar-refractivity contribution in [3.63, 3.8) is 0 Å². The number of thiazole rings is 1. The van der Waals surface area contributed by atoms with Crippen LogP contribution in [-0.2, 0) is 7.05 Å². The molecule has 0 spiro atoms. The van der Waals surface area contributed by atoms with E-state index in [-0.39, 0.29) is 0 Å². The fourth-order valence-electron chi connectivity index (χ4n) is 1.93. The van der Waals surface area contributed by atoms with Gasteiger partial charge in [0, 0.05) is 18.0 Å². The Morgan fingerprint density at radius 3 is 2.62 bits per heavy atom. The largest absolute Gasteiger partial charge is 0.382 e. The Balaban J connectivity index is 1.86. The van der Waals surface area contributed by atoms with Crippen LogP contribution in [0, 0.1) is 6.92 Å². The van der Waals surface area contributed by atoms with E-state index in [4.69, 9.17) is 5.73 Å². The first-order valence-corrected chi connectivity index (χ1v) is 7.25. The molecular weight excluding hydrogens is 284 g/mol. The molecule has 0 bridgehead atoms. The molecule has 2 aromatic heterocycles. The number of hydrogen-bond acceptors (Lipinski definition) is 6. The van der Waals surface area contributed by atoms with E-state index in [1.807, 2.05) is 42.6 Å². The van der Waals surface area contributed by atoms with Gasteiger partial charge in [-0.05, 0) is 6.92 Å². The highest BCUT2D eigenvalue weighted by molar-refractivity contribution is 7.13. The van der Waals surface area contributed by atoms with Gasteiger partial charge in [-0.1, -0.05) is 30.3 Å². The number of benzene rings is 1. The van der Waals surface area contributed by atoms with Crippen molar-refractivity contribution in [1.29, 1.82) is 0 Å². The lowest BCUT2D eigenvalue weighted by Gasteiger charge is -1.93. The summed E-state index contributed by atoms with van der Waals surface area (Å²) in [6, 6.07) is 9.97. The maximum Gasteiger partial charge on any atom is 0.230 e. The van der Waals surface area contributed by atoms with Crippen LogP contribution in [0.15, 0.2) is 45.9 Å². The quantitative estimate of drug-likeness (QED) is 0.746. The summed E-state index contributed by atoms with van der Waals surface area (Å²) in [6.45, 7) is 1.85. The Hall–Kier alpha value is -2.54. The van der Waals surface area contributed by atoms with Crippen LogP contribution in [0.5, 0.6) is 0 Å². The summed E-state index contributed by atoms with van der Waals surface area (Å²) in [5, 5.41) is 15.1. The standard InChI is InChI=1S/C14H14N6S/c1-9-12(13(15)20(2)19-9)17-18-14-16-11(8-21-14)10-6-4-3-5-7-10/h3-8H,15H2,1-2H3/b18-17+. The van der Waals surface area contributed by atoms with Crippen molar-refractivity contribution in [2.24, 2.45) is 17.3 Å². The zero-order valence-corrected chi connectivity index (χ0v) is 12.5. The second kappa shape index (κ2) is 5.45. The summed E-state index contributed by atoms with van der Waals surface area (Å²) in [4.78, 5) is 4.45. The lowest BCUT2D eigenvalue weighted by Crippen LogP contribution is -1.96. The molecule has 0 fully saturated rings. The lowest BCUT2D eigenvalue weighted by atomic mass is 10.2. The van der Waals surface area contributed by atoms with Crippen LogP contribution in [0.1, 0.15) is 5.69 Å². The first-order valence-electron chi connectivity index (χ1n) is 6.37. The maximum absolute atomic E-state index is 5.89. The predicted molar refractivity (Wildman–Crippen MR) is 84.1 cm³/mol. The SMILES string of the molecule is Cc1nn(C)c(N)c1/N=N/c1nc(-c2ccccc2)cs1. The van der Waals surface area contributed by atoms with Gasteiger partial charge in [0.2, 0.25) is 5.13 Å². The fraction of sp³-hybridized carbons (Fsp3) is 0.143. The molecule has 0 amide bonds. The highest BCUT2D eigenvalue weighted by Crippen LogP contribution is 2.30. The third-order valence-corrected chi connectivity index (χ3v) is 3.76. The van der Waals surface area contributed by atoms with E-state index >= 15 is 0 Å². The van der Waals surface area contributed by atoms with Gasteiger partial charge in [-0.25, -0.2) is 4.98 Å². The second-order valence-electron chi connectivity index (χ2n) is 4.52. The topological polar surface area (TPSA) is 81.5 Å². The number of anilines is 1. The number of hydrogen-bond donors (Lipinski definition) is 1. The third kappa shape index (κ3) is 2.68. The van der Waals surface area contributed by atoms with E-state index in [0.29, 0.717) is 16.6 Å². The third-order valence-electron chi connectivity index (χ3n) is 3.03. The van der Waals surface area contributed by atoms with Crippen molar-refractivity contribution in [3.05, 3.63) is 41.4 Å². The molecule has 0 aliphatic heterocycles. The van der Waals surface area contributed by atoms with Crippen molar-refractivity contribution in [2.75, 3.05) is 5.73 Å². The number of aryl methyl sites for hydroxylation is 2. The first-order chi connectivity index (χ1) is 10.1. The monoisotopic (exact) mass is 298 g/mol. The average molecular weight is 298 g/mol. The van der Waals surface area contributed by atoms with Crippen LogP contribution in [0.3, 0.4) is 0 Å². The summed E-state index contributed by atoms with van der Waals surface area (Å²) < 4.78 is 1.58. The molecular formula is C14H14N6S. The van der Waals surface area contributed by atoms with Crippen molar-refractivity contribution in [1.82, 2.24) is 14.8 Å². The molecule has 7 heteroatoms. The van der Waals surface area contributed by atoms with Gasteiger partial charge in [0.05, 0.1) is 11.4 Å². The van der Waals surface area contributed by atoms with Gasteiger partial charge in [-0.3, -0.25) is 4.68 Å². The van der Waals surface area contributed by atoms with E-state index in [9.17, 15) is 0 Å². The molecule has 0 saturated heterocycles. The molecule has 2 heterocycles. The number of nitrogens with two attached hydrogens (primary N) is 1. The molecule has 0 atom stereocenters. The van der Waals surface area contributed by atoms with Gasteiger partial charge in [0.25, 0.3) is 0 Å². The Bertz CT molecular complexity index is 787. The molecule has 21 heavy (non-hydrogen) atoms. The van der Waals surface area contributed by atoms with Crippen LogP contribution in [-0.4, -0.2) is 14.8 Å². The Morgan fingerprint density at radius 1 is 1.19 bits per heavy atom. The van der Waals surface area contributed by atoms with Gasteiger partial charge in [-0.15, -0.1) is 21.6 Å². The van der Waals surface area contributed by atoms with Crippen LogP contribution < -0.4 is 5.73 Å². The number of azo groups is 1. The van der Waals surface area contributed by atoms with Crippen LogP contribution >= 0.6 is 11.3 Å². The molecule has 3 aromatic rings. The lowest BCUT2D eigenvalue weighted by molar-refractivity contribution is 0.767. The zero-order chi connectivity index (χ0) is 14.8. The van der Waals surface area contributed by atoms with Crippen molar-refractivity contribution < 1.29 is 0 Å². The van der Waals surface area contributed by atoms with Crippen LogP contribution in [0.2, 0.25) is 0 Å².